The number of para-hydroxylation sites is 2. The molecule has 0 spiro atoms. The van der Waals surface area contributed by atoms with Gasteiger partial charge in [0.2, 0.25) is 0 Å². The van der Waals surface area contributed by atoms with E-state index in [1.165, 1.54) is 0 Å². The number of carbonyl (C=O) groups excluding carboxylic acids is 1. The first kappa shape index (κ1) is 20.3. The van der Waals surface area contributed by atoms with Crippen LogP contribution in [0.15, 0.2) is 29.1 Å². The summed E-state index contributed by atoms with van der Waals surface area (Å²) in [5, 5.41) is 8.08. The van der Waals surface area contributed by atoms with Crippen LogP contribution in [0.3, 0.4) is 0 Å². The van der Waals surface area contributed by atoms with E-state index in [0.29, 0.717) is 6.42 Å². The molecule has 7 heteroatoms. The zero-order chi connectivity index (χ0) is 20.5. The minimum Gasteiger partial charge on any atom is -0.459 e. The van der Waals surface area contributed by atoms with Crippen LogP contribution >= 0.6 is 0 Å². The highest BCUT2D eigenvalue weighted by Gasteiger charge is 2.34. The van der Waals surface area contributed by atoms with Crippen molar-refractivity contribution in [2.45, 2.75) is 64.6 Å². The molecule has 1 aromatic carbocycles. The summed E-state index contributed by atoms with van der Waals surface area (Å²) in [4.78, 5) is 29.7. The van der Waals surface area contributed by atoms with E-state index < -0.39 is 5.97 Å². The Balaban J connectivity index is 1.65. The molecular weight excluding hydrogens is 356 g/mol. The summed E-state index contributed by atoms with van der Waals surface area (Å²) in [6, 6.07) is 7.93. The minimum absolute atomic E-state index is 0.00803. The highest BCUT2D eigenvalue weighted by Crippen LogP contribution is 2.30. The van der Waals surface area contributed by atoms with Crippen molar-refractivity contribution in [1.82, 2.24) is 14.5 Å². The third-order valence-corrected chi connectivity index (χ3v) is 5.51. The van der Waals surface area contributed by atoms with Gasteiger partial charge in [-0.25, -0.2) is 9.59 Å². The molecule has 0 saturated carbocycles. The van der Waals surface area contributed by atoms with Crippen LogP contribution < -0.4 is 5.69 Å². The van der Waals surface area contributed by atoms with Crippen molar-refractivity contribution >= 4 is 22.7 Å². The molecule has 7 nitrogen and oxygen atoms in total. The number of likely N-dealkylation sites (tertiary alicyclic amines) is 1. The molecule has 0 bridgehead atoms. The Morgan fingerprint density at radius 3 is 2.57 bits per heavy atom. The van der Waals surface area contributed by atoms with Gasteiger partial charge in [-0.2, -0.15) is 0 Å². The number of carbonyl (C=O) groups is 1. The van der Waals surface area contributed by atoms with Gasteiger partial charge in [-0.3, -0.25) is 14.9 Å². The van der Waals surface area contributed by atoms with Gasteiger partial charge in [0.25, 0.3) is 0 Å². The molecule has 1 fully saturated rings. The molecule has 0 radical (unpaired) electrons. The molecule has 2 aromatic rings. The Morgan fingerprint density at radius 1 is 1.29 bits per heavy atom. The monoisotopic (exact) mass is 386 g/mol. The predicted molar refractivity (Wildman–Crippen MR) is 110 cm³/mol. The van der Waals surface area contributed by atoms with Gasteiger partial charge in [-0.1, -0.05) is 12.1 Å². The number of fused-ring (bicyclic) bond motifs is 1. The van der Waals surface area contributed by atoms with E-state index in [4.69, 9.17) is 10.1 Å². The number of hydrogen-bond donors (Lipinski definition) is 2. The summed E-state index contributed by atoms with van der Waals surface area (Å²) in [6.07, 6.45) is 1.83. The molecule has 3 rings (SSSR count). The van der Waals surface area contributed by atoms with E-state index in [1.807, 2.05) is 28.8 Å². The molecule has 152 valence electrons. The highest BCUT2D eigenvalue weighted by atomic mass is 16.5. The minimum atomic E-state index is -0.539. The maximum atomic E-state index is 12.4. The van der Waals surface area contributed by atoms with E-state index in [2.05, 4.69) is 23.7 Å². The second-order valence-electron chi connectivity index (χ2n) is 8.46. The number of benzene rings is 1. The number of hydrogen-bond acceptors (Lipinski definition) is 5. The highest BCUT2D eigenvalue weighted by molar-refractivity contribution is 6.35. The third kappa shape index (κ3) is 4.19. The molecule has 2 N–H and O–H groups in total. The maximum absolute atomic E-state index is 12.4. The van der Waals surface area contributed by atoms with Crippen molar-refractivity contribution in [2.24, 2.45) is 0 Å². The molecule has 28 heavy (non-hydrogen) atoms. The lowest BCUT2D eigenvalue weighted by Gasteiger charge is -2.43. The van der Waals surface area contributed by atoms with Gasteiger partial charge in [-0.15, -0.1) is 0 Å². The smallest absolute Gasteiger partial charge is 0.352 e. The van der Waals surface area contributed by atoms with Crippen molar-refractivity contribution in [3.05, 3.63) is 34.7 Å². The first-order valence-corrected chi connectivity index (χ1v) is 9.92. The molecule has 0 unspecified atom stereocenters. The maximum Gasteiger partial charge on any atom is 0.352 e. The fourth-order valence-corrected chi connectivity index (χ4v) is 4.07. The van der Waals surface area contributed by atoms with Crippen LogP contribution in [0.5, 0.6) is 0 Å². The Labute approximate surface area is 165 Å². The van der Waals surface area contributed by atoms with Gasteiger partial charge in [0.15, 0.2) is 0 Å². The normalized spacial score (nSPS) is 16.6. The molecule has 1 saturated heterocycles. The largest absolute Gasteiger partial charge is 0.459 e. The first-order chi connectivity index (χ1) is 13.2. The Morgan fingerprint density at radius 2 is 1.93 bits per heavy atom. The van der Waals surface area contributed by atoms with Crippen molar-refractivity contribution < 1.29 is 9.53 Å². The lowest BCUT2D eigenvalue weighted by Crippen LogP contribution is -2.50. The van der Waals surface area contributed by atoms with E-state index >= 15 is 0 Å². The van der Waals surface area contributed by atoms with Crippen LogP contribution in [0.4, 0.5) is 0 Å². The number of nitrogens with zero attached hydrogens (tertiary/aromatic N) is 2. The summed E-state index contributed by atoms with van der Waals surface area (Å²) >= 11 is 0. The van der Waals surface area contributed by atoms with Gasteiger partial charge < -0.3 is 9.72 Å². The molecule has 0 atom stereocenters. The van der Waals surface area contributed by atoms with Crippen LogP contribution in [-0.4, -0.2) is 50.9 Å². The van der Waals surface area contributed by atoms with Gasteiger partial charge in [0.1, 0.15) is 5.71 Å². The van der Waals surface area contributed by atoms with Crippen molar-refractivity contribution in [1.29, 1.82) is 5.41 Å². The second-order valence-corrected chi connectivity index (χ2v) is 8.46. The van der Waals surface area contributed by atoms with Crippen molar-refractivity contribution in [2.75, 3.05) is 13.1 Å². The number of ether oxygens (including phenoxy) is 1. The topological polar surface area (TPSA) is 91.2 Å². The van der Waals surface area contributed by atoms with Gasteiger partial charge in [0, 0.05) is 31.1 Å². The van der Waals surface area contributed by atoms with Crippen LogP contribution in [-0.2, 0) is 9.53 Å². The van der Waals surface area contributed by atoms with Crippen LogP contribution in [0, 0.1) is 5.41 Å². The molecule has 0 aliphatic carbocycles. The lowest BCUT2D eigenvalue weighted by atomic mass is 9.91. The number of aromatic nitrogens is 2. The molecule has 2 heterocycles. The number of piperidine rings is 1. The standard InChI is InChI=1S/C21H30N4O3/c1-14(2)28-19(26)16(22)13-21(3,4)24-11-9-15(10-12-24)25-18-8-6-5-7-17(18)23-20(25)27/h5-8,14-15,22H,9-13H2,1-4H3,(H,23,27). The first-order valence-electron chi connectivity index (χ1n) is 9.92. The van der Waals surface area contributed by atoms with Crippen LogP contribution in [0.2, 0.25) is 0 Å². The number of imidazole rings is 1. The van der Waals surface area contributed by atoms with Gasteiger partial charge >= 0.3 is 11.7 Å². The zero-order valence-electron chi connectivity index (χ0n) is 17.1. The zero-order valence-corrected chi connectivity index (χ0v) is 17.1. The fraction of sp³-hybridized carbons (Fsp3) is 0.571. The molecule has 0 amide bonds. The lowest BCUT2D eigenvalue weighted by molar-refractivity contribution is -0.139. The van der Waals surface area contributed by atoms with E-state index in [0.717, 1.165) is 37.0 Å². The molecule has 1 aromatic heterocycles. The Kier molecular flexibility index (Phi) is 5.74. The summed E-state index contributed by atoms with van der Waals surface area (Å²) in [5.41, 5.74) is 1.45. The van der Waals surface area contributed by atoms with E-state index in [-0.39, 0.29) is 29.1 Å². The van der Waals surface area contributed by atoms with E-state index in [1.54, 1.807) is 13.8 Å². The Bertz CT molecular complexity index is 917. The predicted octanol–water partition coefficient (Wildman–Crippen LogP) is 3.11. The molecular formula is C21H30N4O3. The van der Waals surface area contributed by atoms with Crippen LogP contribution in [0.25, 0.3) is 11.0 Å². The quantitative estimate of drug-likeness (QED) is 0.589. The fourth-order valence-electron chi connectivity index (χ4n) is 4.07. The SMILES string of the molecule is CC(C)OC(=O)C(=N)CC(C)(C)N1CCC(n2c(=O)[nH]c3ccccc32)CC1. The number of H-pyrrole nitrogens is 1. The van der Waals surface area contributed by atoms with Gasteiger partial charge in [0.05, 0.1) is 17.1 Å². The number of esters is 1. The van der Waals surface area contributed by atoms with E-state index in [9.17, 15) is 9.59 Å². The number of aromatic amines is 1. The summed E-state index contributed by atoms with van der Waals surface area (Å²) in [6.45, 7) is 9.32. The number of rotatable bonds is 6. The third-order valence-electron chi connectivity index (χ3n) is 5.51. The van der Waals surface area contributed by atoms with Crippen molar-refractivity contribution in [3.8, 4) is 0 Å². The molecule has 1 aliphatic rings. The average molecular weight is 386 g/mol. The van der Waals surface area contributed by atoms with Gasteiger partial charge in [-0.05, 0) is 52.7 Å². The molecule has 1 aliphatic heterocycles. The van der Waals surface area contributed by atoms with Crippen LogP contribution in [0.1, 0.15) is 53.0 Å². The van der Waals surface area contributed by atoms with Crippen molar-refractivity contribution in [3.63, 3.8) is 0 Å². The Hall–Kier alpha value is -2.41. The second kappa shape index (κ2) is 7.91. The summed E-state index contributed by atoms with van der Waals surface area (Å²) < 4.78 is 7.02. The summed E-state index contributed by atoms with van der Waals surface area (Å²) in [5.74, 6) is -0.539. The summed E-state index contributed by atoms with van der Waals surface area (Å²) in [7, 11) is 0. The number of nitrogens with one attached hydrogen (secondary N) is 2. The average Bonchev–Trinajstić information content (AvgIpc) is 2.96.